The van der Waals surface area contributed by atoms with Gasteiger partial charge in [0.25, 0.3) is 0 Å². The standard InChI is InChI=1S/C25H30N2/c1-6-19-7-9-20(10-8-19)25(21-11-15-23(16-12-21)26(2)3)22-13-17-24(18-14-22)27(4)5/h7-18,25H,6H2,1-5H3. The maximum absolute atomic E-state index is 2.28. The van der Waals surface area contributed by atoms with Crippen molar-refractivity contribution in [3.63, 3.8) is 0 Å². The van der Waals surface area contributed by atoms with Crippen molar-refractivity contribution in [2.24, 2.45) is 0 Å². The van der Waals surface area contributed by atoms with Crippen LogP contribution in [-0.2, 0) is 6.42 Å². The van der Waals surface area contributed by atoms with E-state index in [1.165, 1.54) is 33.6 Å². The van der Waals surface area contributed by atoms with Crippen LogP contribution in [0.25, 0.3) is 0 Å². The number of rotatable bonds is 6. The largest absolute Gasteiger partial charge is 0.378 e. The van der Waals surface area contributed by atoms with E-state index in [4.69, 9.17) is 0 Å². The Morgan fingerprint density at radius 2 is 0.889 bits per heavy atom. The van der Waals surface area contributed by atoms with Crippen LogP contribution in [0.1, 0.15) is 35.1 Å². The number of hydrogen-bond donors (Lipinski definition) is 0. The van der Waals surface area contributed by atoms with E-state index in [0.717, 1.165) is 6.42 Å². The number of hydrogen-bond acceptors (Lipinski definition) is 2. The van der Waals surface area contributed by atoms with Gasteiger partial charge in [0.2, 0.25) is 0 Å². The van der Waals surface area contributed by atoms with Crippen molar-refractivity contribution in [1.82, 2.24) is 0 Å². The first-order valence-electron chi connectivity index (χ1n) is 9.63. The Balaban J connectivity index is 2.04. The highest BCUT2D eigenvalue weighted by atomic mass is 15.1. The maximum Gasteiger partial charge on any atom is 0.0361 e. The average Bonchev–Trinajstić information content (AvgIpc) is 2.69. The minimum Gasteiger partial charge on any atom is -0.378 e. The highest BCUT2D eigenvalue weighted by Crippen LogP contribution is 2.34. The molecule has 0 unspecified atom stereocenters. The summed E-state index contributed by atoms with van der Waals surface area (Å²) < 4.78 is 0. The average molecular weight is 359 g/mol. The first-order valence-corrected chi connectivity index (χ1v) is 9.63. The van der Waals surface area contributed by atoms with Gasteiger partial charge in [-0.25, -0.2) is 0 Å². The third kappa shape index (κ3) is 4.33. The van der Waals surface area contributed by atoms with Crippen molar-refractivity contribution in [1.29, 1.82) is 0 Å². The van der Waals surface area contributed by atoms with E-state index in [-0.39, 0.29) is 5.92 Å². The van der Waals surface area contributed by atoms with E-state index in [1.807, 2.05) is 0 Å². The highest BCUT2D eigenvalue weighted by Gasteiger charge is 2.17. The minimum atomic E-state index is 0.239. The SMILES string of the molecule is CCc1ccc(C(c2ccc(N(C)C)cc2)c2ccc(N(C)C)cc2)cc1. The van der Waals surface area contributed by atoms with Gasteiger partial charge in [-0.15, -0.1) is 0 Å². The third-order valence-electron chi connectivity index (χ3n) is 5.21. The number of nitrogens with zero attached hydrogens (tertiary/aromatic N) is 2. The lowest BCUT2D eigenvalue weighted by Crippen LogP contribution is -2.10. The van der Waals surface area contributed by atoms with Crippen LogP contribution < -0.4 is 9.80 Å². The molecule has 27 heavy (non-hydrogen) atoms. The Morgan fingerprint density at radius 3 is 1.19 bits per heavy atom. The molecule has 0 saturated heterocycles. The van der Waals surface area contributed by atoms with Crippen LogP contribution >= 0.6 is 0 Å². The number of anilines is 2. The Morgan fingerprint density at radius 1 is 0.556 bits per heavy atom. The normalized spacial score (nSPS) is 10.9. The molecule has 0 heterocycles. The molecule has 0 aliphatic heterocycles. The molecule has 0 atom stereocenters. The highest BCUT2D eigenvalue weighted by molar-refractivity contribution is 5.53. The molecule has 0 spiro atoms. The molecule has 0 radical (unpaired) electrons. The fourth-order valence-electron chi connectivity index (χ4n) is 3.45. The fourth-order valence-corrected chi connectivity index (χ4v) is 3.45. The summed E-state index contributed by atoms with van der Waals surface area (Å²) in [6.45, 7) is 2.20. The molecule has 0 N–H and O–H groups in total. The van der Waals surface area contributed by atoms with Gasteiger partial charge in [-0.1, -0.05) is 55.5 Å². The van der Waals surface area contributed by atoms with Crippen LogP contribution in [0.15, 0.2) is 72.8 Å². The Hall–Kier alpha value is -2.74. The van der Waals surface area contributed by atoms with Gasteiger partial charge in [0, 0.05) is 45.5 Å². The van der Waals surface area contributed by atoms with Crippen molar-refractivity contribution >= 4 is 11.4 Å². The summed E-state index contributed by atoms with van der Waals surface area (Å²) in [5.74, 6) is 0.239. The zero-order valence-electron chi connectivity index (χ0n) is 17.1. The van der Waals surface area contributed by atoms with E-state index in [2.05, 4.69) is 118 Å². The minimum absolute atomic E-state index is 0.239. The topological polar surface area (TPSA) is 6.48 Å². The van der Waals surface area contributed by atoms with E-state index < -0.39 is 0 Å². The second-order valence-corrected chi connectivity index (χ2v) is 7.50. The monoisotopic (exact) mass is 358 g/mol. The van der Waals surface area contributed by atoms with Gasteiger partial charge in [0.05, 0.1) is 0 Å². The van der Waals surface area contributed by atoms with Crippen LogP contribution in [0.4, 0.5) is 11.4 Å². The number of aryl methyl sites for hydroxylation is 1. The molecule has 0 aromatic heterocycles. The maximum atomic E-state index is 2.28. The summed E-state index contributed by atoms with van der Waals surface area (Å²) in [5.41, 5.74) is 7.80. The van der Waals surface area contributed by atoms with Crippen molar-refractivity contribution in [3.05, 3.63) is 95.1 Å². The summed E-state index contributed by atoms with van der Waals surface area (Å²) >= 11 is 0. The zero-order valence-corrected chi connectivity index (χ0v) is 17.1. The van der Waals surface area contributed by atoms with Gasteiger partial charge in [-0.3, -0.25) is 0 Å². The van der Waals surface area contributed by atoms with Gasteiger partial charge in [0.1, 0.15) is 0 Å². The summed E-state index contributed by atoms with van der Waals surface area (Å²) in [6, 6.07) is 26.9. The van der Waals surface area contributed by atoms with Gasteiger partial charge in [-0.2, -0.15) is 0 Å². The van der Waals surface area contributed by atoms with Gasteiger partial charge in [-0.05, 0) is 52.9 Å². The van der Waals surface area contributed by atoms with E-state index in [1.54, 1.807) is 0 Å². The van der Waals surface area contributed by atoms with Crippen molar-refractivity contribution in [2.45, 2.75) is 19.3 Å². The van der Waals surface area contributed by atoms with Crippen LogP contribution in [0.3, 0.4) is 0 Å². The molecule has 0 bridgehead atoms. The molecular formula is C25H30N2. The molecular weight excluding hydrogens is 328 g/mol. The molecule has 0 amide bonds. The first kappa shape index (κ1) is 19.0. The summed E-state index contributed by atoms with van der Waals surface area (Å²) in [5, 5.41) is 0. The predicted molar refractivity (Wildman–Crippen MR) is 118 cm³/mol. The van der Waals surface area contributed by atoms with Crippen molar-refractivity contribution in [3.8, 4) is 0 Å². The Bertz CT molecular complexity index is 793. The fraction of sp³-hybridized carbons (Fsp3) is 0.280. The lowest BCUT2D eigenvalue weighted by molar-refractivity contribution is 0.969. The molecule has 0 aliphatic carbocycles. The summed E-state index contributed by atoms with van der Waals surface area (Å²) in [7, 11) is 8.32. The zero-order chi connectivity index (χ0) is 19.4. The van der Waals surface area contributed by atoms with Gasteiger partial charge >= 0.3 is 0 Å². The van der Waals surface area contributed by atoms with E-state index >= 15 is 0 Å². The van der Waals surface area contributed by atoms with E-state index in [0.29, 0.717) is 0 Å². The van der Waals surface area contributed by atoms with Crippen LogP contribution in [0.5, 0.6) is 0 Å². The quantitative estimate of drug-likeness (QED) is 0.532. The lowest BCUT2D eigenvalue weighted by atomic mass is 9.84. The molecule has 0 aliphatic rings. The van der Waals surface area contributed by atoms with Crippen molar-refractivity contribution in [2.75, 3.05) is 38.0 Å². The molecule has 140 valence electrons. The second kappa shape index (κ2) is 8.30. The molecule has 3 aromatic carbocycles. The first-order chi connectivity index (χ1) is 13.0. The molecule has 0 fully saturated rings. The van der Waals surface area contributed by atoms with Crippen LogP contribution in [0, 0.1) is 0 Å². The smallest absolute Gasteiger partial charge is 0.0361 e. The number of benzene rings is 3. The molecule has 0 saturated carbocycles. The Labute approximate surface area is 164 Å². The Kier molecular flexibility index (Phi) is 5.85. The second-order valence-electron chi connectivity index (χ2n) is 7.50. The molecule has 2 nitrogen and oxygen atoms in total. The lowest BCUT2D eigenvalue weighted by Gasteiger charge is -2.22. The van der Waals surface area contributed by atoms with Crippen molar-refractivity contribution < 1.29 is 0 Å². The molecule has 3 aromatic rings. The summed E-state index contributed by atoms with van der Waals surface area (Å²) in [6.07, 6.45) is 1.07. The van der Waals surface area contributed by atoms with Gasteiger partial charge in [0.15, 0.2) is 0 Å². The molecule has 2 heteroatoms. The molecule has 3 rings (SSSR count). The summed E-state index contributed by atoms with van der Waals surface area (Å²) in [4.78, 5) is 4.28. The predicted octanol–water partition coefficient (Wildman–Crippen LogP) is 5.56. The van der Waals surface area contributed by atoms with Crippen LogP contribution in [-0.4, -0.2) is 28.2 Å². The third-order valence-corrected chi connectivity index (χ3v) is 5.21. The van der Waals surface area contributed by atoms with E-state index in [9.17, 15) is 0 Å². The van der Waals surface area contributed by atoms with Crippen LogP contribution in [0.2, 0.25) is 0 Å². The van der Waals surface area contributed by atoms with Gasteiger partial charge < -0.3 is 9.80 Å².